The lowest BCUT2D eigenvalue weighted by molar-refractivity contribution is 0.0969. The van der Waals surface area contributed by atoms with Gasteiger partial charge in [-0.1, -0.05) is 11.6 Å². The lowest BCUT2D eigenvalue weighted by Crippen LogP contribution is -2.20. The van der Waals surface area contributed by atoms with Crippen LogP contribution in [0.2, 0.25) is 5.02 Å². The number of benzene rings is 2. The molecule has 24 heavy (non-hydrogen) atoms. The maximum atomic E-state index is 12.5. The Bertz CT molecular complexity index is 1000. The molecule has 3 aromatic rings. The van der Waals surface area contributed by atoms with Gasteiger partial charge in [0, 0.05) is 10.6 Å². The number of carbonyl (C=O) groups is 1. The summed E-state index contributed by atoms with van der Waals surface area (Å²) in [4.78, 5) is 24.6. The van der Waals surface area contributed by atoms with Crippen molar-refractivity contribution >= 4 is 28.5 Å². The van der Waals surface area contributed by atoms with Crippen LogP contribution in [0.1, 0.15) is 10.4 Å². The van der Waals surface area contributed by atoms with Crippen molar-refractivity contribution in [1.29, 1.82) is 0 Å². The smallest absolute Gasteiger partial charge is 0.420 e. The number of fused-ring (bicyclic) bond motifs is 2. The topological polar surface area (TPSA) is 70.7 Å². The van der Waals surface area contributed by atoms with Gasteiger partial charge in [0.25, 0.3) is 0 Å². The van der Waals surface area contributed by atoms with Gasteiger partial charge >= 0.3 is 5.76 Å². The molecule has 0 radical (unpaired) electrons. The van der Waals surface area contributed by atoms with Gasteiger partial charge < -0.3 is 13.9 Å². The average Bonchev–Trinajstić information content (AvgIpc) is 2.89. The van der Waals surface area contributed by atoms with Crippen molar-refractivity contribution in [2.75, 3.05) is 13.2 Å². The monoisotopic (exact) mass is 345 g/mol. The molecule has 0 atom stereocenters. The Morgan fingerprint density at radius 1 is 1.08 bits per heavy atom. The Morgan fingerprint density at radius 3 is 2.71 bits per heavy atom. The first-order valence-corrected chi connectivity index (χ1v) is 7.71. The minimum Gasteiger partial charge on any atom is -0.486 e. The van der Waals surface area contributed by atoms with E-state index >= 15 is 0 Å². The molecule has 0 amide bonds. The quantitative estimate of drug-likeness (QED) is 0.683. The molecule has 122 valence electrons. The molecule has 2 heterocycles. The van der Waals surface area contributed by atoms with E-state index in [2.05, 4.69) is 0 Å². The predicted octanol–water partition coefficient (Wildman–Crippen LogP) is 2.90. The highest BCUT2D eigenvalue weighted by Crippen LogP contribution is 2.31. The number of hydrogen-bond donors (Lipinski definition) is 0. The Morgan fingerprint density at radius 2 is 1.88 bits per heavy atom. The minimum atomic E-state index is -0.599. The summed E-state index contributed by atoms with van der Waals surface area (Å²) in [6, 6.07) is 9.78. The molecule has 6 nitrogen and oxygen atoms in total. The fourth-order valence-corrected chi connectivity index (χ4v) is 2.80. The maximum Gasteiger partial charge on any atom is 0.420 e. The second kappa shape index (κ2) is 5.72. The third-order valence-corrected chi connectivity index (χ3v) is 4.03. The molecule has 0 saturated heterocycles. The van der Waals surface area contributed by atoms with Gasteiger partial charge in [-0.05, 0) is 36.4 Å². The minimum absolute atomic E-state index is 0.147. The molecule has 0 N–H and O–H groups in total. The number of carbonyl (C=O) groups excluding carboxylic acids is 1. The van der Waals surface area contributed by atoms with Gasteiger partial charge in [-0.15, -0.1) is 0 Å². The third-order valence-electron chi connectivity index (χ3n) is 3.80. The number of hydrogen-bond acceptors (Lipinski definition) is 5. The molecular formula is C17H12ClNO5. The number of ketones is 1. The average molecular weight is 346 g/mol. The van der Waals surface area contributed by atoms with Crippen molar-refractivity contribution < 1.29 is 18.7 Å². The Balaban J connectivity index is 1.68. The number of nitrogens with zero attached hydrogens (tertiary/aromatic N) is 1. The first-order chi connectivity index (χ1) is 11.6. The van der Waals surface area contributed by atoms with E-state index in [0.717, 1.165) is 0 Å². The van der Waals surface area contributed by atoms with Gasteiger partial charge in [0.05, 0.1) is 12.1 Å². The van der Waals surface area contributed by atoms with Gasteiger partial charge in [-0.3, -0.25) is 9.36 Å². The van der Waals surface area contributed by atoms with Crippen LogP contribution in [0.15, 0.2) is 45.6 Å². The van der Waals surface area contributed by atoms with Crippen molar-refractivity contribution in [2.24, 2.45) is 0 Å². The fraction of sp³-hybridized carbons (Fsp3) is 0.176. The summed E-state index contributed by atoms with van der Waals surface area (Å²) in [6.07, 6.45) is 0. The van der Waals surface area contributed by atoms with Crippen LogP contribution < -0.4 is 15.2 Å². The van der Waals surface area contributed by atoms with E-state index in [1.807, 2.05) is 0 Å². The van der Waals surface area contributed by atoms with Crippen LogP contribution in [-0.4, -0.2) is 23.6 Å². The Hall–Kier alpha value is -2.73. The molecule has 0 bridgehead atoms. The highest BCUT2D eigenvalue weighted by molar-refractivity contribution is 6.31. The Labute approximate surface area is 141 Å². The second-order valence-corrected chi connectivity index (χ2v) is 5.78. The first kappa shape index (κ1) is 14.8. The zero-order valence-corrected chi connectivity index (χ0v) is 13.2. The fourth-order valence-electron chi connectivity index (χ4n) is 2.64. The van der Waals surface area contributed by atoms with Crippen LogP contribution in [0.25, 0.3) is 11.1 Å². The molecule has 0 unspecified atom stereocenters. The molecule has 0 spiro atoms. The number of aromatic nitrogens is 1. The van der Waals surface area contributed by atoms with Gasteiger partial charge in [0.15, 0.2) is 22.9 Å². The molecule has 0 aliphatic carbocycles. The van der Waals surface area contributed by atoms with Gasteiger partial charge in [0.2, 0.25) is 0 Å². The number of ether oxygens (including phenoxy) is 2. The summed E-state index contributed by atoms with van der Waals surface area (Å²) < 4.78 is 17.3. The molecule has 7 heteroatoms. The lowest BCUT2D eigenvalue weighted by Gasteiger charge is -2.18. The number of oxazole rings is 1. The van der Waals surface area contributed by atoms with Gasteiger partial charge in [-0.2, -0.15) is 0 Å². The van der Waals surface area contributed by atoms with Gasteiger partial charge in [-0.25, -0.2) is 4.79 Å². The highest BCUT2D eigenvalue weighted by Gasteiger charge is 2.18. The first-order valence-electron chi connectivity index (χ1n) is 7.33. The predicted molar refractivity (Wildman–Crippen MR) is 87.2 cm³/mol. The standard InChI is InChI=1S/C17H12ClNO5/c18-11-2-4-14-12(8-11)19(17(21)24-14)9-13(20)10-1-3-15-16(7-10)23-6-5-22-15/h1-4,7-8H,5-6,9H2. The van der Waals surface area contributed by atoms with Crippen LogP contribution in [0.4, 0.5) is 0 Å². The zero-order chi connectivity index (χ0) is 16.7. The van der Waals surface area contributed by atoms with E-state index in [-0.39, 0.29) is 12.3 Å². The molecule has 1 aliphatic heterocycles. The Kier molecular flexibility index (Phi) is 3.54. The van der Waals surface area contributed by atoms with Crippen LogP contribution in [0.3, 0.4) is 0 Å². The third kappa shape index (κ3) is 2.55. The summed E-state index contributed by atoms with van der Waals surface area (Å²) >= 11 is 5.96. The number of rotatable bonds is 3. The normalized spacial score (nSPS) is 13.2. The van der Waals surface area contributed by atoms with E-state index in [1.54, 1.807) is 36.4 Å². The van der Waals surface area contributed by atoms with E-state index < -0.39 is 5.76 Å². The molecular weight excluding hydrogens is 334 g/mol. The summed E-state index contributed by atoms with van der Waals surface area (Å²) in [5, 5.41) is 0.462. The van der Waals surface area contributed by atoms with E-state index in [1.165, 1.54) is 4.57 Å². The largest absolute Gasteiger partial charge is 0.486 e. The van der Waals surface area contributed by atoms with Crippen molar-refractivity contribution in [3.8, 4) is 11.5 Å². The molecule has 0 fully saturated rings. The molecule has 2 aromatic carbocycles. The molecule has 1 aromatic heterocycles. The maximum absolute atomic E-state index is 12.5. The van der Waals surface area contributed by atoms with Crippen LogP contribution in [0.5, 0.6) is 11.5 Å². The van der Waals surface area contributed by atoms with Crippen molar-refractivity contribution in [3.05, 3.63) is 57.5 Å². The second-order valence-electron chi connectivity index (χ2n) is 5.35. The number of Topliss-reactive ketones (excluding diaryl/α,β-unsaturated/α-hetero) is 1. The van der Waals surface area contributed by atoms with Crippen LogP contribution in [-0.2, 0) is 6.54 Å². The van der Waals surface area contributed by atoms with Gasteiger partial charge in [0.1, 0.15) is 13.2 Å². The summed E-state index contributed by atoms with van der Waals surface area (Å²) in [5.74, 6) is 0.296. The van der Waals surface area contributed by atoms with E-state index in [0.29, 0.717) is 46.4 Å². The summed E-state index contributed by atoms with van der Waals surface area (Å²) in [7, 11) is 0. The summed E-state index contributed by atoms with van der Waals surface area (Å²) in [6.45, 7) is 0.776. The molecule has 4 rings (SSSR count). The van der Waals surface area contributed by atoms with Crippen LogP contribution >= 0.6 is 11.6 Å². The van der Waals surface area contributed by atoms with Crippen molar-refractivity contribution in [2.45, 2.75) is 6.54 Å². The molecule has 1 aliphatic rings. The van der Waals surface area contributed by atoms with Crippen molar-refractivity contribution in [3.63, 3.8) is 0 Å². The molecule has 0 saturated carbocycles. The van der Waals surface area contributed by atoms with Crippen molar-refractivity contribution in [1.82, 2.24) is 4.57 Å². The van der Waals surface area contributed by atoms with E-state index in [9.17, 15) is 9.59 Å². The zero-order valence-electron chi connectivity index (χ0n) is 12.5. The summed E-state index contributed by atoms with van der Waals surface area (Å²) in [5.41, 5.74) is 1.31. The number of halogens is 1. The highest BCUT2D eigenvalue weighted by atomic mass is 35.5. The lowest BCUT2D eigenvalue weighted by atomic mass is 10.1. The van der Waals surface area contributed by atoms with E-state index in [4.69, 9.17) is 25.5 Å². The van der Waals surface area contributed by atoms with Crippen LogP contribution in [0, 0.1) is 0 Å². The SMILES string of the molecule is O=C(Cn1c(=O)oc2ccc(Cl)cc21)c1ccc2c(c1)OCCO2.